The van der Waals surface area contributed by atoms with Crippen LogP contribution >= 0.6 is 34.7 Å². The zero-order chi connectivity index (χ0) is 11.4. The van der Waals surface area contributed by atoms with E-state index in [0.717, 1.165) is 16.5 Å². The molecule has 0 aliphatic carbocycles. The molecule has 1 heterocycles. The van der Waals surface area contributed by atoms with E-state index in [-0.39, 0.29) is 0 Å². The van der Waals surface area contributed by atoms with Crippen LogP contribution in [0.5, 0.6) is 0 Å². The minimum atomic E-state index is 0.825. The van der Waals surface area contributed by atoms with Gasteiger partial charge in [-0.3, -0.25) is 0 Å². The molecule has 0 amide bonds. The van der Waals surface area contributed by atoms with Gasteiger partial charge >= 0.3 is 0 Å². The number of thiophene rings is 1. The lowest BCUT2D eigenvalue weighted by atomic mass is 10.2. The quantitative estimate of drug-likeness (QED) is 0.890. The lowest BCUT2D eigenvalue weighted by Crippen LogP contribution is -2.06. The highest BCUT2D eigenvalue weighted by Gasteiger charge is 2.08. The van der Waals surface area contributed by atoms with Crippen molar-refractivity contribution in [3.8, 4) is 0 Å². The fourth-order valence-corrected chi connectivity index (χ4v) is 3.57. The third-order valence-corrected chi connectivity index (χ3v) is 4.76. The molecule has 1 N–H and O–H groups in total. The molecular formula is C12H12ClNS2. The van der Waals surface area contributed by atoms with Crippen LogP contribution in [0.1, 0.15) is 5.56 Å². The number of rotatable bonds is 4. The molecule has 1 aromatic carbocycles. The van der Waals surface area contributed by atoms with Gasteiger partial charge in [0.05, 0.1) is 9.23 Å². The number of nitrogens with one attached hydrogen (secondary N) is 1. The van der Waals surface area contributed by atoms with E-state index in [1.165, 1.54) is 9.77 Å². The number of benzene rings is 1. The van der Waals surface area contributed by atoms with E-state index in [2.05, 4.69) is 28.9 Å². The normalized spacial score (nSPS) is 10.6. The number of halogens is 1. The first kappa shape index (κ1) is 12.0. The van der Waals surface area contributed by atoms with Crippen LogP contribution in [-0.2, 0) is 6.54 Å². The summed E-state index contributed by atoms with van der Waals surface area (Å²) >= 11 is 9.71. The van der Waals surface area contributed by atoms with Crippen molar-refractivity contribution in [2.75, 3.05) is 7.05 Å². The van der Waals surface area contributed by atoms with Gasteiger partial charge in [-0.15, -0.1) is 11.3 Å². The van der Waals surface area contributed by atoms with Gasteiger partial charge in [-0.1, -0.05) is 41.6 Å². The van der Waals surface area contributed by atoms with E-state index in [4.69, 9.17) is 11.6 Å². The average Bonchev–Trinajstić information content (AvgIpc) is 2.76. The van der Waals surface area contributed by atoms with Gasteiger partial charge in [0.2, 0.25) is 0 Å². The maximum Gasteiger partial charge on any atom is 0.0646 e. The van der Waals surface area contributed by atoms with Crippen molar-refractivity contribution in [1.82, 2.24) is 5.32 Å². The first-order valence-corrected chi connectivity index (χ1v) is 7.02. The molecule has 0 bridgehead atoms. The highest BCUT2D eigenvalue weighted by atomic mass is 35.5. The third kappa shape index (κ3) is 2.80. The van der Waals surface area contributed by atoms with E-state index in [1.807, 2.05) is 19.2 Å². The second-order valence-electron chi connectivity index (χ2n) is 3.29. The summed E-state index contributed by atoms with van der Waals surface area (Å²) in [5.74, 6) is 0. The minimum Gasteiger partial charge on any atom is -0.316 e. The topological polar surface area (TPSA) is 12.0 Å². The van der Waals surface area contributed by atoms with Gasteiger partial charge in [-0.05, 0) is 30.1 Å². The lowest BCUT2D eigenvalue weighted by molar-refractivity contribution is 0.803. The average molecular weight is 270 g/mol. The third-order valence-electron chi connectivity index (χ3n) is 2.11. The van der Waals surface area contributed by atoms with Crippen LogP contribution in [0.4, 0.5) is 0 Å². The zero-order valence-electron chi connectivity index (χ0n) is 8.87. The largest absolute Gasteiger partial charge is 0.316 e. The molecule has 2 rings (SSSR count). The predicted octanol–water partition coefficient (Wildman–Crippen LogP) is 4.27. The Morgan fingerprint density at radius 2 is 2.19 bits per heavy atom. The molecule has 0 unspecified atom stereocenters. The minimum absolute atomic E-state index is 0.825. The number of hydrogen-bond donors (Lipinski definition) is 1. The Labute approximate surface area is 109 Å². The Bertz CT molecular complexity index is 454. The van der Waals surface area contributed by atoms with E-state index in [9.17, 15) is 0 Å². The second-order valence-corrected chi connectivity index (χ2v) is 5.96. The van der Waals surface area contributed by atoms with Crippen LogP contribution in [-0.4, -0.2) is 7.05 Å². The Kier molecular flexibility index (Phi) is 4.29. The van der Waals surface area contributed by atoms with Crippen LogP contribution in [0, 0.1) is 0 Å². The molecule has 0 spiro atoms. The summed E-state index contributed by atoms with van der Waals surface area (Å²) in [5.41, 5.74) is 1.24. The molecule has 0 fully saturated rings. The molecule has 0 aliphatic rings. The predicted molar refractivity (Wildman–Crippen MR) is 72.7 cm³/mol. The fraction of sp³-hybridized carbons (Fsp3) is 0.167. The second kappa shape index (κ2) is 5.73. The van der Waals surface area contributed by atoms with Crippen LogP contribution in [0.3, 0.4) is 0 Å². The molecule has 1 aromatic heterocycles. The SMILES string of the molecule is CNCc1cccc(Cl)c1Sc1cccs1. The Morgan fingerprint density at radius 1 is 1.31 bits per heavy atom. The molecule has 4 heteroatoms. The van der Waals surface area contributed by atoms with Crippen LogP contribution in [0.2, 0.25) is 5.02 Å². The molecule has 0 saturated heterocycles. The Morgan fingerprint density at radius 3 is 2.88 bits per heavy atom. The molecule has 2 aromatic rings. The van der Waals surface area contributed by atoms with E-state index >= 15 is 0 Å². The Hall–Kier alpha value is -0.480. The monoisotopic (exact) mass is 269 g/mol. The molecular weight excluding hydrogens is 258 g/mol. The van der Waals surface area contributed by atoms with Crippen molar-refractivity contribution in [3.05, 3.63) is 46.3 Å². The van der Waals surface area contributed by atoms with Crippen molar-refractivity contribution < 1.29 is 0 Å². The van der Waals surface area contributed by atoms with Crippen LogP contribution in [0.15, 0.2) is 44.8 Å². The summed E-state index contributed by atoms with van der Waals surface area (Å²) in [6.07, 6.45) is 0. The summed E-state index contributed by atoms with van der Waals surface area (Å²) in [4.78, 5) is 1.15. The lowest BCUT2D eigenvalue weighted by Gasteiger charge is -2.09. The van der Waals surface area contributed by atoms with Crippen molar-refractivity contribution in [2.24, 2.45) is 0 Å². The van der Waals surface area contributed by atoms with Crippen LogP contribution < -0.4 is 5.32 Å². The van der Waals surface area contributed by atoms with Gasteiger partial charge in [0.15, 0.2) is 0 Å². The molecule has 0 radical (unpaired) electrons. The molecule has 0 atom stereocenters. The van der Waals surface area contributed by atoms with Crippen LogP contribution in [0.25, 0.3) is 0 Å². The van der Waals surface area contributed by atoms with E-state index in [0.29, 0.717) is 0 Å². The smallest absolute Gasteiger partial charge is 0.0646 e. The van der Waals surface area contributed by atoms with Gasteiger partial charge in [-0.2, -0.15) is 0 Å². The van der Waals surface area contributed by atoms with E-state index < -0.39 is 0 Å². The van der Waals surface area contributed by atoms with Gasteiger partial charge in [-0.25, -0.2) is 0 Å². The summed E-state index contributed by atoms with van der Waals surface area (Å²) in [6, 6.07) is 10.2. The Balaban J connectivity index is 2.30. The van der Waals surface area contributed by atoms with Crippen molar-refractivity contribution >= 4 is 34.7 Å². The summed E-state index contributed by atoms with van der Waals surface area (Å²) in [7, 11) is 1.94. The van der Waals surface area contributed by atoms with Crippen molar-refractivity contribution in [1.29, 1.82) is 0 Å². The first-order valence-electron chi connectivity index (χ1n) is 4.94. The first-order chi connectivity index (χ1) is 7.81. The maximum absolute atomic E-state index is 6.24. The zero-order valence-corrected chi connectivity index (χ0v) is 11.3. The maximum atomic E-state index is 6.24. The molecule has 1 nitrogen and oxygen atoms in total. The van der Waals surface area contributed by atoms with Crippen molar-refractivity contribution in [2.45, 2.75) is 15.6 Å². The standard InChI is InChI=1S/C12H12ClNS2/c1-14-8-9-4-2-5-10(13)12(9)16-11-6-3-7-15-11/h2-7,14H,8H2,1H3. The molecule has 16 heavy (non-hydrogen) atoms. The van der Waals surface area contributed by atoms with Gasteiger partial charge in [0.25, 0.3) is 0 Å². The van der Waals surface area contributed by atoms with Crippen molar-refractivity contribution in [3.63, 3.8) is 0 Å². The summed E-state index contributed by atoms with van der Waals surface area (Å²) in [6.45, 7) is 0.842. The summed E-state index contributed by atoms with van der Waals surface area (Å²) in [5, 5.41) is 6.07. The summed E-state index contributed by atoms with van der Waals surface area (Å²) < 4.78 is 1.27. The van der Waals surface area contributed by atoms with Gasteiger partial charge < -0.3 is 5.32 Å². The molecule has 0 aliphatic heterocycles. The van der Waals surface area contributed by atoms with Gasteiger partial charge in [0.1, 0.15) is 0 Å². The molecule has 0 saturated carbocycles. The van der Waals surface area contributed by atoms with E-state index in [1.54, 1.807) is 23.1 Å². The number of hydrogen-bond acceptors (Lipinski definition) is 3. The molecule has 84 valence electrons. The highest BCUT2D eigenvalue weighted by molar-refractivity contribution is 8.01. The highest BCUT2D eigenvalue weighted by Crippen LogP contribution is 2.38. The van der Waals surface area contributed by atoms with Gasteiger partial charge in [0, 0.05) is 11.4 Å². The fourth-order valence-electron chi connectivity index (χ4n) is 1.42.